The van der Waals surface area contributed by atoms with Crippen LogP contribution in [0.15, 0.2) is 48.5 Å². The fraction of sp³-hybridized carbons (Fsp3) is 0.125. The van der Waals surface area contributed by atoms with E-state index in [0.717, 1.165) is 5.56 Å². The molecule has 0 unspecified atom stereocenters. The zero-order chi connectivity index (χ0) is 14.4. The Morgan fingerprint density at radius 3 is 2.50 bits per heavy atom. The van der Waals surface area contributed by atoms with E-state index in [2.05, 4.69) is 0 Å². The van der Waals surface area contributed by atoms with Crippen LogP contribution in [-0.2, 0) is 11.4 Å². The molecule has 0 spiro atoms. The number of aldehydes is 1. The Bertz CT molecular complexity index is 605. The van der Waals surface area contributed by atoms with Gasteiger partial charge in [0.25, 0.3) is 0 Å². The van der Waals surface area contributed by atoms with Crippen molar-refractivity contribution in [1.82, 2.24) is 0 Å². The van der Waals surface area contributed by atoms with Crippen LogP contribution < -0.4 is 9.47 Å². The molecular formula is C16H14O4. The van der Waals surface area contributed by atoms with Crippen LogP contribution in [0.1, 0.15) is 22.8 Å². The highest BCUT2D eigenvalue weighted by Gasteiger charge is 2.09. The fourth-order valence-electron chi connectivity index (χ4n) is 1.69. The van der Waals surface area contributed by atoms with Crippen LogP contribution in [0.2, 0.25) is 0 Å². The van der Waals surface area contributed by atoms with Gasteiger partial charge < -0.3 is 9.47 Å². The molecular weight excluding hydrogens is 256 g/mol. The normalized spacial score (nSPS) is 9.85. The molecule has 0 aromatic heterocycles. The van der Waals surface area contributed by atoms with Gasteiger partial charge in [0.2, 0.25) is 0 Å². The van der Waals surface area contributed by atoms with Crippen molar-refractivity contribution in [1.29, 1.82) is 0 Å². The van der Waals surface area contributed by atoms with E-state index < -0.39 is 5.97 Å². The van der Waals surface area contributed by atoms with Crippen LogP contribution in [0.5, 0.6) is 11.5 Å². The smallest absolute Gasteiger partial charge is 0.308 e. The Morgan fingerprint density at radius 2 is 1.85 bits per heavy atom. The highest BCUT2D eigenvalue weighted by atomic mass is 16.6. The lowest BCUT2D eigenvalue weighted by molar-refractivity contribution is -0.132. The summed E-state index contributed by atoms with van der Waals surface area (Å²) < 4.78 is 10.7. The number of hydrogen-bond donors (Lipinski definition) is 0. The summed E-state index contributed by atoms with van der Waals surface area (Å²) >= 11 is 0. The Balaban J connectivity index is 2.19. The molecule has 0 fully saturated rings. The van der Waals surface area contributed by atoms with Crippen LogP contribution in [0.3, 0.4) is 0 Å². The topological polar surface area (TPSA) is 52.6 Å². The molecule has 4 heteroatoms. The molecule has 20 heavy (non-hydrogen) atoms. The van der Waals surface area contributed by atoms with Crippen molar-refractivity contribution >= 4 is 12.3 Å². The highest BCUT2D eigenvalue weighted by molar-refractivity contribution is 5.77. The number of ether oxygens (including phenoxy) is 2. The minimum atomic E-state index is -0.437. The summed E-state index contributed by atoms with van der Waals surface area (Å²) in [5.41, 5.74) is 1.45. The van der Waals surface area contributed by atoms with Crippen molar-refractivity contribution in [3.8, 4) is 11.5 Å². The standard InChI is InChI=1S/C16H14O4/c1-12(18)20-15-8-7-14(10-17)9-16(15)19-11-13-5-3-2-4-6-13/h2-10H,11H2,1H3. The molecule has 2 aromatic rings. The molecule has 0 saturated carbocycles. The summed E-state index contributed by atoms with van der Waals surface area (Å²) in [5, 5.41) is 0. The van der Waals surface area contributed by atoms with Gasteiger partial charge in [-0.2, -0.15) is 0 Å². The molecule has 0 heterocycles. The Kier molecular flexibility index (Phi) is 4.50. The zero-order valence-electron chi connectivity index (χ0n) is 11.0. The van der Waals surface area contributed by atoms with E-state index >= 15 is 0 Å². The number of rotatable bonds is 5. The van der Waals surface area contributed by atoms with Crippen molar-refractivity contribution in [2.24, 2.45) is 0 Å². The number of carbonyl (C=O) groups excluding carboxylic acids is 2. The fourth-order valence-corrected chi connectivity index (χ4v) is 1.69. The average molecular weight is 270 g/mol. The van der Waals surface area contributed by atoms with Gasteiger partial charge in [0.15, 0.2) is 11.5 Å². The number of benzene rings is 2. The van der Waals surface area contributed by atoms with E-state index in [9.17, 15) is 9.59 Å². The van der Waals surface area contributed by atoms with Crippen LogP contribution in [0.4, 0.5) is 0 Å². The van der Waals surface area contributed by atoms with Gasteiger partial charge >= 0.3 is 5.97 Å². The van der Waals surface area contributed by atoms with Crippen molar-refractivity contribution in [3.63, 3.8) is 0 Å². The Morgan fingerprint density at radius 1 is 1.10 bits per heavy atom. The average Bonchev–Trinajstić information content (AvgIpc) is 2.47. The lowest BCUT2D eigenvalue weighted by atomic mass is 10.2. The SMILES string of the molecule is CC(=O)Oc1ccc(C=O)cc1OCc1ccccc1. The van der Waals surface area contributed by atoms with Gasteiger partial charge in [-0.25, -0.2) is 0 Å². The van der Waals surface area contributed by atoms with Gasteiger partial charge in [0, 0.05) is 12.5 Å². The number of esters is 1. The first-order chi connectivity index (χ1) is 9.69. The molecule has 0 aliphatic rings. The molecule has 4 nitrogen and oxygen atoms in total. The minimum Gasteiger partial charge on any atom is -0.485 e. The van der Waals surface area contributed by atoms with Crippen LogP contribution >= 0.6 is 0 Å². The predicted molar refractivity (Wildman–Crippen MR) is 73.9 cm³/mol. The molecule has 0 radical (unpaired) electrons. The van der Waals surface area contributed by atoms with Crippen molar-refractivity contribution < 1.29 is 19.1 Å². The maximum Gasteiger partial charge on any atom is 0.308 e. The number of hydrogen-bond acceptors (Lipinski definition) is 4. The first-order valence-electron chi connectivity index (χ1n) is 6.13. The van der Waals surface area contributed by atoms with E-state index in [4.69, 9.17) is 9.47 Å². The largest absolute Gasteiger partial charge is 0.485 e. The van der Waals surface area contributed by atoms with Gasteiger partial charge in [0.1, 0.15) is 12.9 Å². The second-order valence-electron chi connectivity index (χ2n) is 4.19. The molecule has 0 N–H and O–H groups in total. The van der Waals surface area contributed by atoms with Gasteiger partial charge in [-0.3, -0.25) is 9.59 Å². The summed E-state index contributed by atoms with van der Waals surface area (Å²) in [4.78, 5) is 21.8. The second-order valence-corrected chi connectivity index (χ2v) is 4.19. The van der Waals surface area contributed by atoms with Crippen LogP contribution in [0, 0.1) is 0 Å². The first-order valence-corrected chi connectivity index (χ1v) is 6.13. The summed E-state index contributed by atoms with van der Waals surface area (Å²) in [5.74, 6) is 0.237. The molecule has 0 amide bonds. The molecule has 0 aliphatic carbocycles. The minimum absolute atomic E-state index is 0.305. The summed E-state index contributed by atoms with van der Waals surface area (Å²) in [6.07, 6.45) is 0.715. The summed E-state index contributed by atoms with van der Waals surface area (Å²) in [6, 6.07) is 14.3. The van der Waals surface area contributed by atoms with E-state index in [0.29, 0.717) is 30.0 Å². The maximum atomic E-state index is 11.0. The Labute approximate surface area is 116 Å². The maximum absolute atomic E-state index is 11.0. The monoisotopic (exact) mass is 270 g/mol. The zero-order valence-corrected chi connectivity index (χ0v) is 11.0. The van der Waals surface area contributed by atoms with Gasteiger partial charge in [-0.05, 0) is 23.8 Å². The quantitative estimate of drug-likeness (QED) is 0.476. The van der Waals surface area contributed by atoms with E-state index in [1.54, 1.807) is 18.2 Å². The van der Waals surface area contributed by atoms with Gasteiger partial charge in [-0.15, -0.1) is 0 Å². The third-order valence-corrected chi connectivity index (χ3v) is 2.59. The lowest BCUT2D eigenvalue weighted by Gasteiger charge is -2.11. The second kappa shape index (κ2) is 6.52. The first kappa shape index (κ1) is 13.8. The van der Waals surface area contributed by atoms with Crippen LogP contribution in [-0.4, -0.2) is 12.3 Å². The summed E-state index contributed by atoms with van der Waals surface area (Å²) in [6.45, 7) is 1.64. The molecule has 0 bridgehead atoms. The molecule has 0 aliphatic heterocycles. The lowest BCUT2D eigenvalue weighted by Crippen LogP contribution is -2.04. The van der Waals surface area contributed by atoms with E-state index in [-0.39, 0.29) is 0 Å². The van der Waals surface area contributed by atoms with Crippen molar-refractivity contribution in [3.05, 3.63) is 59.7 Å². The highest BCUT2D eigenvalue weighted by Crippen LogP contribution is 2.29. The number of carbonyl (C=O) groups is 2. The van der Waals surface area contributed by atoms with Gasteiger partial charge in [-0.1, -0.05) is 30.3 Å². The molecule has 2 aromatic carbocycles. The molecule has 2 rings (SSSR count). The molecule has 0 atom stereocenters. The van der Waals surface area contributed by atoms with Crippen molar-refractivity contribution in [2.75, 3.05) is 0 Å². The van der Waals surface area contributed by atoms with Gasteiger partial charge in [0.05, 0.1) is 0 Å². The van der Waals surface area contributed by atoms with E-state index in [1.807, 2.05) is 30.3 Å². The van der Waals surface area contributed by atoms with Crippen LogP contribution in [0.25, 0.3) is 0 Å². The third kappa shape index (κ3) is 3.68. The molecule has 102 valence electrons. The Hall–Kier alpha value is -2.62. The van der Waals surface area contributed by atoms with E-state index in [1.165, 1.54) is 6.92 Å². The van der Waals surface area contributed by atoms with Crippen molar-refractivity contribution in [2.45, 2.75) is 13.5 Å². The third-order valence-electron chi connectivity index (χ3n) is 2.59. The predicted octanol–water partition coefficient (Wildman–Crippen LogP) is 3.00. The molecule has 0 saturated heterocycles. The summed E-state index contributed by atoms with van der Waals surface area (Å²) in [7, 11) is 0.